The van der Waals surface area contributed by atoms with Gasteiger partial charge in [0.2, 0.25) is 0 Å². The third kappa shape index (κ3) is 3.33. The van der Waals surface area contributed by atoms with Gasteiger partial charge >= 0.3 is 0 Å². The summed E-state index contributed by atoms with van der Waals surface area (Å²) in [6.07, 6.45) is 1.04. The molecular formula is C19H19N3O2. The van der Waals surface area contributed by atoms with E-state index >= 15 is 0 Å². The number of ether oxygens (including phenoxy) is 1. The number of nitriles is 1. The highest BCUT2D eigenvalue weighted by Crippen LogP contribution is 2.34. The maximum absolute atomic E-state index is 11.8. The monoisotopic (exact) mass is 321 g/mol. The lowest BCUT2D eigenvalue weighted by Gasteiger charge is -2.27. The summed E-state index contributed by atoms with van der Waals surface area (Å²) in [6.45, 7) is 2.85. The minimum Gasteiger partial charge on any atom is -0.481 e. The second-order valence-corrected chi connectivity index (χ2v) is 5.63. The van der Waals surface area contributed by atoms with Gasteiger partial charge in [-0.2, -0.15) is 5.26 Å². The van der Waals surface area contributed by atoms with Crippen molar-refractivity contribution in [3.63, 3.8) is 0 Å². The Kier molecular flexibility index (Phi) is 4.66. The first-order valence-electron chi connectivity index (χ1n) is 7.97. The zero-order valence-corrected chi connectivity index (χ0v) is 13.6. The average Bonchev–Trinajstić information content (AvgIpc) is 2.63. The summed E-state index contributed by atoms with van der Waals surface area (Å²) < 4.78 is 5.49. The van der Waals surface area contributed by atoms with Crippen LogP contribution in [0.4, 0.5) is 11.4 Å². The highest BCUT2D eigenvalue weighted by atomic mass is 16.5. The van der Waals surface area contributed by atoms with Crippen LogP contribution in [-0.2, 0) is 17.8 Å². The van der Waals surface area contributed by atoms with Crippen LogP contribution >= 0.6 is 0 Å². The zero-order chi connectivity index (χ0) is 16.9. The molecule has 0 spiro atoms. The molecule has 0 fully saturated rings. The van der Waals surface area contributed by atoms with E-state index in [9.17, 15) is 4.79 Å². The van der Waals surface area contributed by atoms with Crippen molar-refractivity contribution < 1.29 is 9.53 Å². The third-order valence-electron chi connectivity index (χ3n) is 4.06. The molecule has 1 N–H and O–H groups in total. The van der Waals surface area contributed by atoms with Crippen molar-refractivity contribution in [1.82, 2.24) is 0 Å². The zero-order valence-electron chi connectivity index (χ0n) is 13.6. The fraction of sp³-hybridized carbons (Fsp3) is 0.263. The molecule has 0 saturated heterocycles. The smallest absolute Gasteiger partial charge is 0.265 e. The van der Waals surface area contributed by atoms with E-state index in [0.717, 1.165) is 12.1 Å². The lowest BCUT2D eigenvalue weighted by Crippen LogP contribution is -2.38. The Bertz CT molecular complexity index is 778. The maximum Gasteiger partial charge on any atom is 0.265 e. The SMILES string of the molecule is CCc1ccc(CNc2ccc3c(c2)OCC(=O)N3CC#N)cc1. The number of nitrogens with zero attached hydrogens (tertiary/aromatic N) is 2. The normalized spacial score (nSPS) is 13.0. The summed E-state index contributed by atoms with van der Waals surface area (Å²) >= 11 is 0. The van der Waals surface area contributed by atoms with Crippen LogP contribution in [-0.4, -0.2) is 19.1 Å². The van der Waals surface area contributed by atoms with Crippen molar-refractivity contribution in [3.05, 3.63) is 53.6 Å². The molecule has 0 aliphatic carbocycles. The summed E-state index contributed by atoms with van der Waals surface area (Å²) in [7, 11) is 0. The highest BCUT2D eigenvalue weighted by Gasteiger charge is 2.25. The van der Waals surface area contributed by atoms with Gasteiger partial charge in [0.05, 0.1) is 11.8 Å². The summed E-state index contributed by atoms with van der Waals surface area (Å²) in [5, 5.41) is 12.2. The van der Waals surface area contributed by atoms with Crippen LogP contribution in [0.5, 0.6) is 5.75 Å². The lowest BCUT2D eigenvalue weighted by molar-refractivity contribution is -0.121. The van der Waals surface area contributed by atoms with Crippen molar-refractivity contribution in [2.45, 2.75) is 19.9 Å². The van der Waals surface area contributed by atoms with Gasteiger partial charge in [-0.15, -0.1) is 0 Å². The topological polar surface area (TPSA) is 65.4 Å². The molecule has 0 radical (unpaired) electrons. The lowest BCUT2D eigenvalue weighted by atomic mass is 10.1. The van der Waals surface area contributed by atoms with Crippen LogP contribution in [0.2, 0.25) is 0 Å². The van der Waals surface area contributed by atoms with Gasteiger partial charge in [-0.25, -0.2) is 0 Å². The molecule has 0 atom stereocenters. The van der Waals surface area contributed by atoms with Crippen LogP contribution in [0.1, 0.15) is 18.1 Å². The predicted molar refractivity (Wildman–Crippen MR) is 93.0 cm³/mol. The van der Waals surface area contributed by atoms with Crippen LogP contribution < -0.4 is 15.0 Å². The standard InChI is InChI=1S/C19H19N3O2/c1-2-14-3-5-15(6-4-14)12-21-16-7-8-17-18(11-16)24-13-19(23)22(17)10-9-20/h3-8,11,21H,2,10,12-13H2,1H3. The quantitative estimate of drug-likeness (QED) is 0.859. The number of carbonyl (C=O) groups is 1. The minimum atomic E-state index is -0.194. The molecule has 5 nitrogen and oxygen atoms in total. The van der Waals surface area contributed by atoms with Gasteiger partial charge in [-0.3, -0.25) is 9.69 Å². The van der Waals surface area contributed by atoms with Gasteiger partial charge < -0.3 is 10.1 Å². The van der Waals surface area contributed by atoms with E-state index < -0.39 is 0 Å². The number of amides is 1. The molecule has 2 aromatic carbocycles. The van der Waals surface area contributed by atoms with E-state index in [1.54, 1.807) is 0 Å². The highest BCUT2D eigenvalue weighted by molar-refractivity contribution is 5.98. The van der Waals surface area contributed by atoms with Gasteiger partial charge in [0.1, 0.15) is 12.3 Å². The number of fused-ring (bicyclic) bond motifs is 1. The first-order valence-corrected chi connectivity index (χ1v) is 7.97. The van der Waals surface area contributed by atoms with Crippen LogP contribution in [0, 0.1) is 11.3 Å². The molecule has 0 unspecified atom stereocenters. The Hall–Kier alpha value is -3.00. The van der Waals surface area contributed by atoms with Crippen LogP contribution in [0.25, 0.3) is 0 Å². The van der Waals surface area contributed by atoms with Gasteiger partial charge in [0, 0.05) is 18.3 Å². The Labute approximate surface area is 141 Å². The molecule has 1 aliphatic heterocycles. The number of benzene rings is 2. The summed E-state index contributed by atoms with van der Waals surface area (Å²) in [5.74, 6) is 0.428. The largest absolute Gasteiger partial charge is 0.481 e. The number of aryl methyl sites for hydroxylation is 1. The van der Waals surface area contributed by atoms with E-state index in [4.69, 9.17) is 10.00 Å². The Morgan fingerprint density at radius 2 is 1.96 bits per heavy atom. The molecule has 24 heavy (non-hydrogen) atoms. The van der Waals surface area contributed by atoms with E-state index in [2.05, 4.69) is 36.5 Å². The molecular weight excluding hydrogens is 302 g/mol. The predicted octanol–water partition coefficient (Wildman–Crippen LogP) is 3.11. The van der Waals surface area contributed by atoms with Crippen molar-refractivity contribution in [2.24, 2.45) is 0 Å². The molecule has 1 amide bonds. The Balaban J connectivity index is 1.71. The number of hydrogen-bond acceptors (Lipinski definition) is 4. The van der Waals surface area contributed by atoms with Crippen molar-refractivity contribution in [2.75, 3.05) is 23.4 Å². The van der Waals surface area contributed by atoms with Crippen molar-refractivity contribution in [3.8, 4) is 11.8 Å². The molecule has 5 heteroatoms. The molecule has 0 bridgehead atoms. The summed E-state index contributed by atoms with van der Waals surface area (Å²) in [5.41, 5.74) is 4.08. The number of rotatable bonds is 5. The van der Waals surface area contributed by atoms with E-state index in [1.165, 1.54) is 16.0 Å². The maximum atomic E-state index is 11.8. The first-order chi connectivity index (χ1) is 11.7. The average molecular weight is 321 g/mol. The number of hydrogen-bond donors (Lipinski definition) is 1. The number of nitrogens with one attached hydrogen (secondary N) is 1. The van der Waals surface area contributed by atoms with Crippen molar-refractivity contribution in [1.29, 1.82) is 5.26 Å². The van der Waals surface area contributed by atoms with Gasteiger partial charge in [0.25, 0.3) is 5.91 Å². The van der Waals surface area contributed by atoms with Gasteiger partial charge in [-0.1, -0.05) is 31.2 Å². The molecule has 1 heterocycles. The van der Waals surface area contributed by atoms with E-state index in [1.807, 2.05) is 24.3 Å². The molecule has 0 saturated carbocycles. The second-order valence-electron chi connectivity index (χ2n) is 5.63. The Morgan fingerprint density at radius 3 is 2.67 bits per heavy atom. The number of anilines is 2. The molecule has 2 aromatic rings. The van der Waals surface area contributed by atoms with Gasteiger partial charge in [-0.05, 0) is 29.7 Å². The molecule has 122 valence electrons. The summed E-state index contributed by atoms with van der Waals surface area (Å²) in [6, 6.07) is 16.1. The number of carbonyl (C=O) groups excluding carboxylic acids is 1. The Morgan fingerprint density at radius 1 is 1.21 bits per heavy atom. The second kappa shape index (κ2) is 7.05. The van der Waals surface area contributed by atoms with E-state index in [-0.39, 0.29) is 19.1 Å². The molecule has 3 rings (SSSR count). The third-order valence-corrected chi connectivity index (χ3v) is 4.06. The molecule has 1 aliphatic rings. The van der Waals surface area contributed by atoms with Gasteiger partial charge in [0.15, 0.2) is 6.61 Å². The molecule has 0 aromatic heterocycles. The minimum absolute atomic E-state index is 0.0311. The van der Waals surface area contributed by atoms with Crippen LogP contribution in [0.15, 0.2) is 42.5 Å². The fourth-order valence-electron chi connectivity index (χ4n) is 2.66. The van der Waals surface area contributed by atoms with Crippen LogP contribution in [0.3, 0.4) is 0 Å². The fourth-order valence-corrected chi connectivity index (χ4v) is 2.66. The first kappa shape index (κ1) is 15.9. The van der Waals surface area contributed by atoms with Crippen molar-refractivity contribution >= 4 is 17.3 Å². The summed E-state index contributed by atoms with van der Waals surface area (Å²) in [4.78, 5) is 13.3. The van der Waals surface area contributed by atoms with E-state index in [0.29, 0.717) is 18.0 Å².